The highest BCUT2D eigenvalue weighted by Crippen LogP contribution is 2.52. The summed E-state index contributed by atoms with van der Waals surface area (Å²) in [6.07, 6.45) is 3.64. The quantitative estimate of drug-likeness (QED) is 0.419. The number of benzene rings is 2. The van der Waals surface area contributed by atoms with Gasteiger partial charge in [0.05, 0.1) is 30.1 Å². The third-order valence-corrected chi connectivity index (χ3v) is 9.07. The number of nitrogens with zero attached hydrogens (tertiary/aromatic N) is 2. The Hall–Kier alpha value is -2.12. The summed E-state index contributed by atoms with van der Waals surface area (Å²) in [5, 5.41) is 11.1. The number of rotatable bonds is 8. The van der Waals surface area contributed by atoms with Gasteiger partial charge in [-0.3, -0.25) is 14.5 Å². The molecule has 3 heterocycles. The third kappa shape index (κ3) is 5.60. The summed E-state index contributed by atoms with van der Waals surface area (Å²) >= 11 is 12.7. The maximum absolute atomic E-state index is 14.4. The van der Waals surface area contributed by atoms with Crippen LogP contribution in [0.1, 0.15) is 69.0 Å². The molecule has 3 aliphatic heterocycles. The Bertz CT molecular complexity index is 1160. The van der Waals surface area contributed by atoms with Crippen molar-refractivity contribution >= 4 is 35.1 Å². The molecule has 6 nitrogen and oxygen atoms in total. The number of fused-ring (bicyclic) bond motifs is 2. The molecule has 2 bridgehead atoms. The number of halogens is 2. The van der Waals surface area contributed by atoms with Crippen molar-refractivity contribution in [1.82, 2.24) is 9.80 Å². The highest BCUT2D eigenvalue weighted by atomic mass is 35.5. The highest BCUT2D eigenvalue weighted by molar-refractivity contribution is 6.30. The largest absolute Gasteiger partial charge is 0.481 e. The fourth-order valence-electron chi connectivity index (χ4n) is 6.84. The van der Waals surface area contributed by atoms with Crippen LogP contribution < -0.4 is 0 Å². The summed E-state index contributed by atoms with van der Waals surface area (Å²) in [7, 11) is 0. The Balaban J connectivity index is 1.59. The van der Waals surface area contributed by atoms with E-state index in [4.69, 9.17) is 27.9 Å². The van der Waals surface area contributed by atoms with E-state index in [1.807, 2.05) is 60.4 Å². The normalized spacial score (nSPS) is 30.4. The molecule has 3 aliphatic rings. The molecule has 2 aromatic carbocycles. The first-order valence-electron chi connectivity index (χ1n) is 13.6. The molecule has 8 heteroatoms. The number of carboxylic acids is 1. The summed E-state index contributed by atoms with van der Waals surface area (Å²) in [6.45, 7) is 6.39. The molecule has 0 spiro atoms. The van der Waals surface area contributed by atoms with Gasteiger partial charge in [0.25, 0.3) is 0 Å². The number of likely N-dealkylation sites (tertiary alicyclic amines) is 2. The molecular weight excluding hydrogens is 523 g/mol. The number of hydrogen-bond acceptors (Lipinski definition) is 4. The molecule has 6 atom stereocenters. The molecule has 1 amide bonds. The first kappa shape index (κ1) is 27.4. The Kier molecular flexibility index (Phi) is 8.07. The molecular formula is C30H36Cl2N2O4. The van der Waals surface area contributed by atoms with E-state index >= 15 is 0 Å². The Morgan fingerprint density at radius 3 is 2.37 bits per heavy atom. The van der Waals surface area contributed by atoms with Crippen molar-refractivity contribution in [2.45, 2.75) is 76.2 Å². The van der Waals surface area contributed by atoms with Gasteiger partial charge < -0.3 is 14.7 Å². The van der Waals surface area contributed by atoms with Crippen LogP contribution in [0.4, 0.5) is 0 Å². The maximum atomic E-state index is 14.4. The summed E-state index contributed by atoms with van der Waals surface area (Å²) in [6, 6.07) is 15.1. The predicted octanol–water partition coefficient (Wildman–Crippen LogP) is 6.17. The number of carbonyl (C=O) groups is 2. The zero-order valence-corrected chi connectivity index (χ0v) is 23.5. The van der Waals surface area contributed by atoms with Crippen LogP contribution in [0.3, 0.4) is 0 Å². The number of carboxylic acid groups (broad SMARTS) is 1. The second kappa shape index (κ2) is 11.2. The van der Waals surface area contributed by atoms with Gasteiger partial charge in [0, 0.05) is 41.6 Å². The average molecular weight is 560 g/mol. The lowest BCUT2D eigenvalue weighted by molar-refractivity contribution is -0.161. The van der Waals surface area contributed by atoms with Crippen molar-refractivity contribution in [2.75, 3.05) is 19.6 Å². The van der Waals surface area contributed by atoms with Gasteiger partial charge >= 0.3 is 5.97 Å². The third-order valence-electron chi connectivity index (χ3n) is 8.58. The van der Waals surface area contributed by atoms with Crippen LogP contribution in [0, 0.1) is 5.41 Å². The molecule has 204 valence electrons. The minimum Gasteiger partial charge on any atom is -0.481 e. The van der Waals surface area contributed by atoms with Crippen LogP contribution in [-0.4, -0.2) is 64.7 Å². The van der Waals surface area contributed by atoms with Crippen molar-refractivity contribution < 1.29 is 19.4 Å². The zero-order chi connectivity index (χ0) is 27.0. The van der Waals surface area contributed by atoms with Gasteiger partial charge in [0.2, 0.25) is 5.91 Å². The minimum absolute atomic E-state index is 0.0872. The first-order valence-corrected chi connectivity index (χ1v) is 14.4. The van der Waals surface area contributed by atoms with Crippen LogP contribution in [0.25, 0.3) is 0 Å². The van der Waals surface area contributed by atoms with Crippen molar-refractivity contribution in [3.63, 3.8) is 0 Å². The first-order chi connectivity index (χ1) is 18.2. The molecule has 6 unspecified atom stereocenters. The van der Waals surface area contributed by atoms with Crippen molar-refractivity contribution in [3.8, 4) is 0 Å². The monoisotopic (exact) mass is 558 g/mol. The average Bonchev–Trinajstić information content (AvgIpc) is 3.22. The number of amides is 1. The van der Waals surface area contributed by atoms with Crippen LogP contribution in [0.2, 0.25) is 10.0 Å². The lowest BCUT2D eigenvalue weighted by Crippen LogP contribution is -2.59. The minimum atomic E-state index is -1.04. The molecule has 3 saturated heterocycles. The van der Waals surface area contributed by atoms with E-state index < -0.39 is 11.4 Å². The number of carbonyl (C=O) groups excluding carboxylic acids is 1. The van der Waals surface area contributed by atoms with E-state index in [1.165, 1.54) is 0 Å². The Labute approximate surface area is 234 Å². The van der Waals surface area contributed by atoms with E-state index in [9.17, 15) is 14.7 Å². The molecule has 1 N–H and O–H groups in total. The molecule has 5 rings (SSSR count). The molecule has 0 aliphatic carbocycles. The fourth-order valence-corrected chi connectivity index (χ4v) is 7.17. The van der Waals surface area contributed by atoms with Gasteiger partial charge in [-0.15, -0.1) is 0 Å². The van der Waals surface area contributed by atoms with Crippen molar-refractivity contribution in [1.29, 1.82) is 0 Å². The molecule has 0 radical (unpaired) electrons. The highest BCUT2D eigenvalue weighted by Gasteiger charge is 2.52. The molecule has 0 saturated carbocycles. The van der Waals surface area contributed by atoms with Crippen LogP contribution in [0.15, 0.2) is 48.5 Å². The number of morpholine rings is 1. The number of piperidine rings is 1. The fraction of sp³-hybridized carbons (Fsp3) is 0.533. The van der Waals surface area contributed by atoms with Crippen LogP contribution in [-0.2, 0) is 14.3 Å². The van der Waals surface area contributed by atoms with Crippen LogP contribution in [0.5, 0.6) is 0 Å². The van der Waals surface area contributed by atoms with E-state index in [0.29, 0.717) is 16.5 Å². The van der Waals surface area contributed by atoms with Gasteiger partial charge in [-0.1, -0.05) is 61.3 Å². The molecule has 3 fully saturated rings. The van der Waals surface area contributed by atoms with E-state index in [1.54, 1.807) is 0 Å². The number of aliphatic carboxylic acids is 1. The van der Waals surface area contributed by atoms with E-state index in [-0.39, 0.29) is 42.5 Å². The second-order valence-electron chi connectivity index (χ2n) is 11.4. The lowest BCUT2D eigenvalue weighted by atomic mass is 9.67. The standard InChI is InChI=1S/C30H36Cl2N2O4/c1-3-23(16-33-17-24-11-12-25(18-33)38-24)34-28(19-7-9-21(31)10-8-19)26(20-5-4-6-22(32)13-20)14-30(2,29(34)37)15-27(35)36/h4-10,13,23-26,28H,3,11-12,14-18H2,1-2H3,(H,35,36). The molecule has 2 aromatic rings. The molecule has 0 aromatic heterocycles. The summed E-state index contributed by atoms with van der Waals surface area (Å²) in [4.78, 5) is 30.9. The Morgan fingerprint density at radius 2 is 1.76 bits per heavy atom. The molecule has 38 heavy (non-hydrogen) atoms. The second-order valence-corrected chi connectivity index (χ2v) is 12.3. The smallest absolute Gasteiger partial charge is 0.304 e. The maximum Gasteiger partial charge on any atom is 0.304 e. The Morgan fingerprint density at radius 1 is 1.08 bits per heavy atom. The van der Waals surface area contributed by atoms with E-state index in [0.717, 1.165) is 50.0 Å². The van der Waals surface area contributed by atoms with Crippen LogP contribution >= 0.6 is 23.2 Å². The number of hydrogen-bond donors (Lipinski definition) is 1. The SMILES string of the molecule is CCC(CN1CC2CCC(C1)O2)N1C(=O)C(C)(CC(=O)O)CC(c2cccc(Cl)c2)C1c1ccc(Cl)cc1. The summed E-state index contributed by atoms with van der Waals surface area (Å²) < 4.78 is 6.06. The van der Waals surface area contributed by atoms with Gasteiger partial charge in [0.15, 0.2) is 0 Å². The topological polar surface area (TPSA) is 70.1 Å². The number of ether oxygens (including phenoxy) is 1. The predicted molar refractivity (Wildman–Crippen MR) is 149 cm³/mol. The zero-order valence-electron chi connectivity index (χ0n) is 22.0. The van der Waals surface area contributed by atoms with Gasteiger partial charge in [-0.05, 0) is 61.1 Å². The van der Waals surface area contributed by atoms with Crippen molar-refractivity contribution in [3.05, 3.63) is 69.7 Å². The summed E-state index contributed by atoms with van der Waals surface area (Å²) in [5.74, 6) is -1.19. The lowest BCUT2D eigenvalue weighted by Gasteiger charge is -2.52. The van der Waals surface area contributed by atoms with Gasteiger partial charge in [0.1, 0.15) is 0 Å². The van der Waals surface area contributed by atoms with Gasteiger partial charge in [-0.25, -0.2) is 0 Å². The van der Waals surface area contributed by atoms with E-state index in [2.05, 4.69) is 11.8 Å². The summed E-state index contributed by atoms with van der Waals surface area (Å²) in [5.41, 5.74) is 0.954. The van der Waals surface area contributed by atoms with Gasteiger partial charge in [-0.2, -0.15) is 0 Å². The van der Waals surface area contributed by atoms with Crippen molar-refractivity contribution in [2.24, 2.45) is 5.41 Å².